The quantitative estimate of drug-likeness (QED) is 0.568. The third kappa shape index (κ3) is 6.02. The molecule has 0 bridgehead atoms. The van der Waals surface area contributed by atoms with Gasteiger partial charge in [-0.05, 0) is 38.7 Å². The fraction of sp³-hybridized carbons (Fsp3) is 0.500. The van der Waals surface area contributed by atoms with E-state index in [1.54, 1.807) is 0 Å². The van der Waals surface area contributed by atoms with E-state index in [0.29, 0.717) is 6.10 Å². The van der Waals surface area contributed by atoms with Crippen LogP contribution in [0.3, 0.4) is 0 Å². The number of rotatable bonds is 5. The monoisotopic (exact) mass is 240 g/mol. The molecule has 0 radical (unpaired) electrons. The minimum absolute atomic E-state index is 0.349. The Morgan fingerprint density at radius 2 is 1.80 bits per heavy atom. The molecule has 0 spiro atoms. The molecule has 1 nitrogen and oxygen atoms in total. The van der Waals surface area contributed by atoms with Crippen molar-refractivity contribution in [2.24, 2.45) is 0 Å². The lowest BCUT2D eigenvalue weighted by Crippen LogP contribution is -2.31. The molecule has 1 atom stereocenters. The summed E-state index contributed by atoms with van der Waals surface area (Å²) in [6.07, 6.45) is 0.349. The highest BCUT2D eigenvalue weighted by Crippen LogP contribution is 2.20. The lowest BCUT2D eigenvalue weighted by Gasteiger charge is -2.23. The molecule has 1 rings (SSSR count). The molecule has 0 aliphatic rings. The summed E-state index contributed by atoms with van der Waals surface area (Å²) in [5.41, 5.74) is 0. The molecule has 0 amide bonds. The van der Waals surface area contributed by atoms with Crippen LogP contribution in [0.15, 0.2) is 35.2 Å². The predicted octanol–water partition coefficient (Wildman–Crippen LogP) is 4.02. The maximum Gasteiger partial charge on any atom is 0.184 e. The Morgan fingerprint density at radius 1 is 1.20 bits per heavy atom. The van der Waals surface area contributed by atoms with E-state index in [0.717, 1.165) is 5.75 Å². The highest BCUT2D eigenvalue weighted by Gasteiger charge is 2.17. The molecule has 0 saturated heterocycles. The lowest BCUT2D eigenvalue weighted by molar-refractivity contribution is 0.239. The number of benzene rings is 1. The van der Waals surface area contributed by atoms with Gasteiger partial charge in [-0.3, -0.25) is 0 Å². The van der Waals surface area contributed by atoms with Crippen LogP contribution in [-0.4, -0.2) is 20.2 Å². The van der Waals surface area contributed by atoms with Crippen LogP contribution < -0.4 is 0 Å². The molecule has 15 heavy (non-hydrogen) atoms. The van der Waals surface area contributed by atoms with E-state index in [9.17, 15) is 0 Å². The van der Waals surface area contributed by atoms with Crippen molar-refractivity contribution in [2.45, 2.75) is 37.6 Å². The zero-order chi connectivity index (χ0) is 11.3. The van der Waals surface area contributed by atoms with E-state index >= 15 is 0 Å². The highest BCUT2D eigenvalue weighted by atomic mass is 32.2. The fourth-order valence-corrected chi connectivity index (χ4v) is 3.62. The number of hydrogen-bond acceptors (Lipinski definition) is 2. The van der Waals surface area contributed by atoms with Crippen LogP contribution >= 0.6 is 11.8 Å². The Labute approximate surface area is 98.4 Å². The summed E-state index contributed by atoms with van der Waals surface area (Å²) in [4.78, 5) is 1.32. The maximum atomic E-state index is 5.98. The molecular formula is C12H20OSSi. The molecule has 1 aromatic carbocycles. The first-order chi connectivity index (χ1) is 6.97. The van der Waals surface area contributed by atoms with Crippen molar-refractivity contribution in [3.63, 3.8) is 0 Å². The molecule has 3 heteroatoms. The van der Waals surface area contributed by atoms with E-state index in [-0.39, 0.29) is 0 Å². The summed E-state index contributed by atoms with van der Waals surface area (Å²) in [6, 6.07) is 10.5. The van der Waals surface area contributed by atoms with Gasteiger partial charge in [0.15, 0.2) is 8.32 Å². The van der Waals surface area contributed by atoms with Crippen LogP contribution in [0, 0.1) is 0 Å². The Hall–Kier alpha value is -0.253. The normalized spacial score (nSPS) is 13.9. The van der Waals surface area contributed by atoms with Gasteiger partial charge >= 0.3 is 0 Å². The van der Waals surface area contributed by atoms with Crippen LogP contribution in [-0.2, 0) is 4.43 Å². The molecule has 0 heterocycles. The zero-order valence-corrected chi connectivity index (χ0v) is 11.8. The summed E-state index contributed by atoms with van der Waals surface area (Å²) in [7, 11) is -1.37. The Balaban J connectivity index is 2.32. The average molecular weight is 240 g/mol. The minimum Gasteiger partial charge on any atom is -0.414 e. The maximum absolute atomic E-state index is 5.98. The highest BCUT2D eigenvalue weighted by molar-refractivity contribution is 7.99. The molecule has 84 valence electrons. The SMILES string of the molecule is CC(CSc1ccccc1)O[Si](C)(C)C. The summed E-state index contributed by atoms with van der Waals surface area (Å²) < 4.78 is 5.98. The van der Waals surface area contributed by atoms with Crippen molar-refractivity contribution in [3.8, 4) is 0 Å². The first-order valence-corrected chi connectivity index (χ1v) is 9.72. The predicted molar refractivity (Wildman–Crippen MR) is 71.1 cm³/mol. The van der Waals surface area contributed by atoms with Crippen LogP contribution in [0.1, 0.15) is 6.92 Å². The second kappa shape index (κ2) is 5.73. The van der Waals surface area contributed by atoms with Crippen molar-refractivity contribution in [3.05, 3.63) is 30.3 Å². The van der Waals surface area contributed by atoms with Gasteiger partial charge in [0.1, 0.15) is 0 Å². The second-order valence-electron chi connectivity index (χ2n) is 4.66. The third-order valence-electron chi connectivity index (χ3n) is 1.78. The zero-order valence-electron chi connectivity index (χ0n) is 9.99. The first kappa shape index (κ1) is 12.8. The van der Waals surface area contributed by atoms with Crippen molar-refractivity contribution < 1.29 is 4.43 Å². The minimum atomic E-state index is -1.37. The Bertz CT molecular complexity index is 281. The van der Waals surface area contributed by atoms with Gasteiger partial charge in [-0.1, -0.05) is 18.2 Å². The molecule has 0 aromatic heterocycles. The van der Waals surface area contributed by atoms with Crippen LogP contribution in [0.25, 0.3) is 0 Å². The Morgan fingerprint density at radius 3 is 2.33 bits per heavy atom. The van der Waals surface area contributed by atoms with Crippen LogP contribution in [0.2, 0.25) is 19.6 Å². The topological polar surface area (TPSA) is 9.23 Å². The van der Waals surface area contributed by atoms with Gasteiger partial charge in [-0.15, -0.1) is 11.8 Å². The summed E-state index contributed by atoms with van der Waals surface area (Å²) >= 11 is 1.87. The molecule has 0 aliphatic carbocycles. The lowest BCUT2D eigenvalue weighted by atomic mass is 10.4. The molecule has 1 unspecified atom stereocenters. The summed E-state index contributed by atoms with van der Waals surface area (Å²) in [5.74, 6) is 1.04. The molecule has 0 fully saturated rings. The Kier molecular flexibility index (Phi) is 4.89. The van der Waals surface area contributed by atoms with E-state index < -0.39 is 8.32 Å². The largest absolute Gasteiger partial charge is 0.414 e. The number of thioether (sulfide) groups is 1. The smallest absolute Gasteiger partial charge is 0.184 e. The fourth-order valence-electron chi connectivity index (χ4n) is 1.37. The van der Waals surface area contributed by atoms with Crippen molar-refractivity contribution in [1.82, 2.24) is 0 Å². The van der Waals surface area contributed by atoms with Gasteiger partial charge in [-0.2, -0.15) is 0 Å². The van der Waals surface area contributed by atoms with Gasteiger partial charge < -0.3 is 4.43 Å². The van der Waals surface area contributed by atoms with Gasteiger partial charge in [-0.25, -0.2) is 0 Å². The molecule has 1 aromatic rings. The van der Waals surface area contributed by atoms with Crippen LogP contribution in [0.4, 0.5) is 0 Å². The van der Waals surface area contributed by atoms with Crippen LogP contribution in [0.5, 0.6) is 0 Å². The van der Waals surface area contributed by atoms with Crippen molar-refractivity contribution in [1.29, 1.82) is 0 Å². The second-order valence-corrected chi connectivity index (χ2v) is 10.2. The average Bonchev–Trinajstić information content (AvgIpc) is 2.14. The first-order valence-electron chi connectivity index (χ1n) is 5.33. The van der Waals surface area contributed by atoms with E-state index in [4.69, 9.17) is 4.43 Å². The molecule has 0 saturated carbocycles. The summed E-state index contributed by atoms with van der Waals surface area (Å²) in [5, 5.41) is 0. The van der Waals surface area contributed by atoms with Gasteiger partial charge in [0.05, 0.1) is 6.10 Å². The third-order valence-corrected chi connectivity index (χ3v) is 4.13. The van der Waals surface area contributed by atoms with Gasteiger partial charge in [0.2, 0.25) is 0 Å². The van der Waals surface area contributed by atoms with E-state index in [1.165, 1.54) is 4.90 Å². The number of hydrogen-bond donors (Lipinski definition) is 0. The molecule has 0 N–H and O–H groups in total. The van der Waals surface area contributed by atoms with E-state index in [1.807, 2.05) is 17.8 Å². The standard InChI is InChI=1S/C12H20OSSi/c1-11(13-15(2,3)4)10-14-12-8-6-5-7-9-12/h5-9,11H,10H2,1-4H3. The van der Waals surface area contributed by atoms with Gasteiger partial charge in [0, 0.05) is 10.6 Å². The molecule has 0 aliphatic heterocycles. The van der Waals surface area contributed by atoms with Crippen molar-refractivity contribution in [2.75, 3.05) is 5.75 Å². The summed E-state index contributed by atoms with van der Waals surface area (Å²) in [6.45, 7) is 8.86. The molecular weight excluding hydrogens is 220 g/mol. The van der Waals surface area contributed by atoms with E-state index in [2.05, 4.69) is 50.8 Å². The van der Waals surface area contributed by atoms with Gasteiger partial charge in [0.25, 0.3) is 0 Å². The van der Waals surface area contributed by atoms with Crippen molar-refractivity contribution >= 4 is 20.1 Å².